The summed E-state index contributed by atoms with van der Waals surface area (Å²) in [7, 11) is 0. The second-order valence-corrected chi connectivity index (χ2v) is 20.2. The third-order valence-corrected chi connectivity index (χ3v) is 13.3. The smallest absolute Gasteiger partial charge is 0.109 e. The van der Waals surface area contributed by atoms with Gasteiger partial charge in [0.15, 0.2) is 0 Å². The van der Waals surface area contributed by atoms with Crippen LogP contribution in [0.3, 0.4) is 0 Å². The first-order chi connectivity index (χ1) is 29.8. The third-order valence-electron chi connectivity index (χ3n) is 11.5. The first-order valence-corrected chi connectivity index (χ1v) is 23.3. The predicted molar refractivity (Wildman–Crippen MR) is 268 cm³/mol. The third kappa shape index (κ3) is 9.48. The average Bonchev–Trinajstić information content (AvgIpc) is 3.97. The molecule has 304 valence electrons. The average molecular weight is 921 g/mol. The van der Waals surface area contributed by atoms with Gasteiger partial charge in [-0.25, -0.2) is 12.2 Å². The van der Waals surface area contributed by atoms with Gasteiger partial charge in [0, 0.05) is 0 Å². The fraction of sp³-hybridized carbons (Fsp3) is 0.153. The summed E-state index contributed by atoms with van der Waals surface area (Å²) in [6.07, 6.45) is 10.0. The first kappa shape index (κ1) is 43.6. The molecule has 0 aromatic heterocycles. The van der Waals surface area contributed by atoms with Crippen molar-refractivity contribution in [3.63, 3.8) is 0 Å². The van der Waals surface area contributed by atoms with Crippen LogP contribution >= 0.6 is 23.2 Å². The molecule has 0 atom stereocenters. The molecule has 0 amide bonds. The summed E-state index contributed by atoms with van der Waals surface area (Å²) in [5.41, 5.74) is 10.5. The second kappa shape index (κ2) is 18.4. The van der Waals surface area contributed by atoms with E-state index in [4.69, 9.17) is 23.2 Å². The molecule has 3 heteroatoms. The molecule has 0 aliphatic heterocycles. The van der Waals surface area contributed by atoms with E-state index in [0.29, 0.717) is 0 Å². The van der Waals surface area contributed by atoms with Crippen molar-refractivity contribution in [3.05, 3.63) is 220 Å². The molecule has 9 aromatic carbocycles. The molecule has 0 fully saturated rings. The van der Waals surface area contributed by atoms with Gasteiger partial charge in [0.25, 0.3) is 0 Å². The molecule has 0 saturated heterocycles. The maximum Gasteiger partial charge on any atom is -0.109 e. The van der Waals surface area contributed by atoms with E-state index in [-0.39, 0.29) is 10.8 Å². The van der Waals surface area contributed by atoms with Crippen LogP contribution in [0.4, 0.5) is 0 Å². The van der Waals surface area contributed by atoms with Crippen molar-refractivity contribution in [2.45, 2.75) is 58.8 Å². The Morgan fingerprint density at radius 2 is 0.935 bits per heavy atom. The molecular formula is C59H50Cl2Zr. The van der Waals surface area contributed by atoms with Gasteiger partial charge in [-0.2, -0.15) is 6.08 Å². The van der Waals surface area contributed by atoms with Crippen molar-refractivity contribution >= 4 is 69.5 Å². The number of benzene rings is 8. The van der Waals surface area contributed by atoms with E-state index < -0.39 is 0 Å². The minimum Gasteiger partial charge on any atom is -0.273 e. The number of halogens is 2. The molecule has 10 rings (SSSR count). The Morgan fingerprint density at radius 1 is 0.516 bits per heavy atom. The van der Waals surface area contributed by atoms with Gasteiger partial charge in [0.2, 0.25) is 0 Å². The standard InChI is InChI=1S/C33H33.C21H12Cl2.C5H5.Zr/c1-32(2,3)30-20-26-24(18-28(30)22-13-9-7-10-14-22)17-25-19-29(23-15-11-8-12-16-23)31(21-27(25)26)33(4,5)6;22-18-10-14-5-1-3-7-20(14)16(12-18)9-17-13-19(23)11-15-6-2-4-8-21(15)17;1-2-4-5-3-1;/h7-21H,1-6H3;1-8,10-13H;1-3H,4H2;/q-1;;-1;+2. The number of hydrogen-bond donors (Lipinski definition) is 0. The number of allylic oxidation sites excluding steroid dienone is 4. The van der Waals surface area contributed by atoms with Crippen LogP contribution in [0.5, 0.6) is 0 Å². The zero-order valence-corrected chi connectivity index (χ0v) is 40.3. The Kier molecular flexibility index (Phi) is 12.9. The molecule has 1 aliphatic carbocycles. The van der Waals surface area contributed by atoms with Crippen molar-refractivity contribution in [2.24, 2.45) is 0 Å². The fourth-order valence-corrected chi connectivity index (χ4v) is 9.98. The molecule has 0 radical (unpaired) electrons. The van der Waals surface area contributed by atoms with Gasteiger partial charge in [-0.1, -0.05) is 114 Å². The summed E-state index contributed by atoms with van der Waals surface area (Å²) < 4.78 is 1.26. The van der Waals surface area contributed by atoms with Gasteiger partial charge in [-0.05, 0) is 44.2 Å². The molecule has 0 N–H and O–H groups in total. The fourth-order valence-electron chi connectivity index (χ4n) is 8.51. The Labute approximate surface area is 392 Å². The Hall–Kier alpha value is -5.04. The molecule has 0 spiro atoms. The number of hydrogen-bond acceptors (Lipinski definition) is 0. The van der Waals surface area contributed by atoms with Crippen LogP contribution in [0.25, 0.3) is 65.3 Å². The van der Waals surface area contributed by atoms with Crippen LogP contribution in [0.1, 0.15) is 70.2 Å². The van der Waals surface area contributed by atoms with Crippen molar-refractivity contribution in [2.75, 3.05) is 0 Å². The Bertz CT molecular complexity index is 2920. The summed E-state index contributed by atoms with van der Waals surface area (Å²) in [4.78, 5) is 0. The van der Waals surface area contributed by atoms with E-state index >= 15 is 0 Å². The maximum absolute atomic E-state index is 6.38. The zero-order valence-electron chi connectivity index (χ0n) is 36.3. The Morgan fingerprint density at radius 3 is 1.31 bits per heavy atom. The van der Waals surface area contributed by atoms with Gasteiger partial charge < -0.3 is 0 Å². The van der Waals surface area contributed by atoms with Crippen LogP contribution in [0.2, 0.25) is 10.0 Å². The second-order valence-electron chi connectivity index (χ2n) is 18.1. The molecule has 0 bridgehead atoms. The van der Waals surface area contributed by atoms with Gasteiger partial charge >= 0.3 is 166 Å². The predicted octanol–water partition coefficient (Wildman–Crippen LogP) is 17.4. The van der Waals surface area contributed by atoms with Crippen molar-refractivity contribution in [1.29, 1.82) is 0 Å². The monoisotopic (exact) mass is 918 g/mol. The Balaban J connectivity index is 0.000000159. The summed E-state index contributed by atoms with van der Waals surface area (Å²) in [5.74, 6) is 0. The minimum absolute atomic E-state index is 0.0554. The first-order valence-electron chi connectivity index (χ1n) is 21.3. The van der Waals surface area contributed by atoms with Gasteiger partial charge in [-0.15, -0.1) is 46.2 Å². The molecular weight excluding hydrogens is 871 g/mol. The zero-order chi connectivity index (χ0) is 43.6. The minimum atomic E-state index is 0.0554. The van der Waals surface area contributed by atoms with Gasteiger partial charge in [0.1, 0.15) is 0 Å². The SMILES string of the molecule is CC(C)(C)c1cc2c(cc1-c1ccccc1)[cH-]c1cc(-c3ccccc3)c(C(C)(C)C)cc12.Clc1cc([C](=[Zr+2])c2cc(Cl)cc3ccccc23)c2ccccc2c1.[C-]1=CC=CC1. The van der Waals surface area contributed by atoms with E-state index in [0.717, 1.165) is 27.2 Å². The summed E-state index contributed by atoms with van der Waals surface area (Å²) in [5, 5.41) is 11.6. The maximum atomic E-state index is 6.38. The molecule has 0 unspecified atom stereocenters. The van der Waals surface area contributed by atoms with E-state index in [2.05, 4.69) is 193 Å². The van der Waals surface area contributed by atoms with Crippen LogP contribution < -0.4 is 0 Å². The molecule has 1 aliphatic rings. The van der Waals surface area contributed by atoms with Crippen LogP contribution in [-0.4, -0.2) is 3.21 Å². The quantitative estimate of drug-likeness (QED) is 0.154. The summed E-state index contributed by atoms with van der Waals surface area (Å²) in [6, 6.07) is 58.6. The summed E-state index contributed by atoms with van der Waals surface area (Å²) >= 11 is 14.1. The van der Waals surface area contributed by atoms with E-state index in [1.165, 1.54) is 104 Å². The molecule has 62 heavy (non-hydrogen) atoms. The normalized spacial score (nSPS) is 12.4. The molecule has 0 nitrogen and oxygen atoms in total. The number of rotatable bonds is 4. The van der Waals surface area contributed by atoms with Gasteiger partial charge in [0.05, 0.1) is 0 Å². The largest absolute Gasteiger partial charge is 0.273 e. The van der Waals surface area contributed by atoms with Crippen molar-refractivity contribution in [3.8, 4) is 22.3 Å². The van der Waals surface area contributed by atoms with E-state index in [1.54, 1.807) is 0 Å². The van der Waals surface area contributed by atoms with Crippen LogP contribution in [-0.2, 0) is 35.1 Å². The van der Waals surface area contributed by atoms with Crippen molar-refractivity contribution in [1.82, 2.24) is 0 Å². The topological polar surface area (TPSA) is 0 Å². The van der Waals surface area contributed by atoms with Gasteiger partial charge in [-0.3, -0.25) is 6.08 Å². The van der Waals surface area contributed by atoms with Crippen molar-refractivity contribution < 1.29 is 24.2 Å². The summed E-state index contributed by atoms with van der Waals surface area (Å²) in [6.45, 7) is 13.9. The molecule has 0 heterocycles. The van der Waals surface area contributed by atoms with Crippen LogP contribution in [0.15, 0.2) is 182 Å². The van der Waals surface area contributed by atoms with Crippen LogP contribution in [0, 0.1) is 6.08 Å². The van der Waals surface area contributed by atoms with E-state index in [1.807, 2.05) is 36.4 Å². The molecule has 9 aromatic rings. The molecule has 0 saturated carbocycles. The van der Waals surface area contributed by atoms with E-state index in [9.17, 15) is 0 Å². The number of fused-ring (bicyclic) bond motifs is 5.